The molecule has 0 radical (unpaired) electrons. The lowest BCUT2D eigenvalue weighted by Gasteiger charge is -2.17. The van der Waals surface area contributed by atoms with E-state index in [-0.39, 0.29) is 0 Å². The number of aromatic nitrogens is 1. The van der Waals surface area contributed by atoms with Crippen molar-refractivity contribution < 1.29 is 0 Å². The third-order valence-corrected chi connectivity index (χ3v) is 7.78. The SMILES string of the molecule is c1ccc(-c2c3ccccc3c(-c3cccc4c3sc3ccccc34)c3cnccc23)cc1. The zero-order chi connectivity index (χ0) is 21.8. The first-order valence-electron chi connectivity index (χ1n) is 11.1. The maximum Gasteiger partial charge on any atom is 0.0434 e. The van der Waals surface area contributed by atoms with Crippen molar-refractivity contribution in [3.8, 4) is 22.3 Å². The first kappa shape index (κ1) is 18.6. The monoisotopic (exact) mass is 437 g/mol. The number of rotatable bonds is 2. The average Bonchev–Trinajstić information content (AvgIpc) is 3.27. The predicted octanol–water partition coefficient (Wildman–Crippen LogP) is 9.09. The normalized spacial score (nSPS) is 11.6. The molecule has 0 aliphatic heterocycles. The molecule has 2 heterocycles. The summed E-state index contributed by atoms with van der Waals surface area (Å²) in [6, 6.07) is 37.1. The minimum Gasteiger partial charge on any atom is -0.264 e. The van der Waals surface area contributed by atoms with Crippen LogP contribution in [0, 0.1) is 0 Å². The Morgan fingerprint density at radius 3 is 2.00 bits per heavy atom. The van der Waals surface area contributed by atoms with Crippen LogP contribution in [0.15, 0.2) is 116 Å². The Kier molecular flexibility index (Phi) is 4.08. The number of fused-ring (bicyclic) bond motifs is 5. The Hall–Kier alpha value is -4.01. The topological polar surface area (TPSA) is 12.9 Å². The third-order valence-electron chi connectivity index (χ3n) is 6.56. The lowest BCUT2D eigenvalue weighted by Crippen LogP contribution is -1.91. The van der Waals surface area contributed by atoms with E-state index in [2.05, 4.69) is 108 Å². The van der Waals surface area contributed by atoms with Crippen molar-refractivity contribution in [1.82, 2.24) is 4.98 Å². The van der Waals surface area contributed by atoms with Crippen LogP contribution >= 0.6 is 11.3 Å². The molecule has 0 spiro atoms. The van der Waals surface area contributed by atoms with E-state index in [1.807, 2.05) is 23.7 Å². The largest absolute Gasteiger partial charge is 0.264 e. The van der Waals surface area contributed by atoms with Crippen LogP contribution < -0.4 is 0 Å². The molecule has 154 valence electrons. The highest BCUT2D eigenvalue weighted by Gasteiger charge is 2.19. The first-order valence-corrected chi connectivity index (χ1v) is 12.0. The van der Waals surface area contributed by atoms with Crippen LogP contribution in [-0.4, -0.2) is 4.98 Å². The molecule has 0 unspecified atom stereocenters. The lowest BCUT2D eigenvalue weighted by molar-refractivity contribution is 1.37. The van der Waals surface area contributed by atoms with Gasteiger partial charge in [-0.25, -0.2) is 0 Å². The van der Waals surface area contributed by atoms with E-state index >= 15 is 0 Å². The molecule has 0 saturated heterocycles. The maximum absolute atomic E-state index is 4.57. The molecule has 1 nitrogen and oxygen atoms in total. The molecule has 7 aromatic rings. The van der Waals surface area contributed by atoms with Crippen molar-refractivity contribution >= 4 is 53.1 Å². The summed E-state index contributed by atoms with van der Waals surface area (Å²) in [5, 5.41) is 7.62. The second-order valence-corrected chi connectivity index (χ2v) is 9.42. The Morgan fingerprint density at radius 1 is 0.485 bits per heavy atom. The first-order chi connectivity index (χ1) is 16.4. The Balaban J connectivity index is 1.69. The van der Waals surface area contributed by atoms with Gasteiger partial charge in [-0.2, -0.15) is 0 Å². The van der Waals surface area contributed by atoms with Gasteiger partial charge in [-0.15, -0.1) is 11.3 Å². The van der Waals surface area contributed by atoms with E-state index in [1.54, 1.807) is 0 Å². The average molecular weight is 438 g/mol. The molecular weight excluding hydrogens is 418 g/mol. The van der Waals surface area contributed by atoms with Crippen molar-refractivity contribution in [1.29, 1.82) is 0 Å². The van der Waals surface area contributed by atoms with E-state index in [4.69, 9.17) is 0 Å². The standard InChI is InChI=1S/C31H19NS/c1-2-9-20(10-3-1)29-22-12-4-5-13-23(22)30(27-19-32-18-17-24(27)29)26-15-8-14-25-21-11-6-7-16-28(21)33-31(25)26/h1-19H. The van der Waals surface area contributed by atoms with Crippen molar-refractivity contribution in [2.75, 3.05) is 0 Å². The molecule has 0 aliphatic rings. The molecule has 7 rings (SSSR count). The summed E-state index contributed by atoms with van der Waals surface area (Å²) in [5.41, 5.74) is 5.06. The predicted molar refractivity (Wildman–Crippen MR) is 143 cm³/mol. The van der Waals surface area contributed by atoms with E-state index in [1.165, 1.54) is 64.0 Å². The van der Waals surface area contributed by atoms with Gasteiger partial charge in [-0.3, -0.25) is 4.98 Å². The summed E-state index contributed by atoms with van der Waals surface area (Å²) in [7, 11) is 0. The molecule has 33 heavy (non-hydrogen) atoms. The number of hydrogen-bond acceptors (Lipinski definition) is 2. The summed E-state index contributed by atoms with van der Waals surface area (Å²) in [6.07, 6.45) is 3.95. The van der Waals surface area contributed by atoms with Gasteiger partial charge in [0.15, 0.2) is 0 Å². The molecule has 0 fully saturated rings. The summed E-state index contributed by atoms with van der Waals surface area (Å²) in [5.74, 6) is 0. The van der Waals surface area contributed by atoms with Crippen molar-refractivity contribution in [2.24, 2.45) is 0 Å². The van der Waals surface area contributed by atoms with E-state index in [0.717, 1.165) is 0 Å². The van der Waals surface area contributed by atoms with Crippen LogP contribution in [0.3, 0.4) is 0 Å². The molecule has 2 heteroatoms. The van der Waals surface area contributed by atoms with Crippen molar-refractivity contribution in [2.45, 2.75) is 0 Å². The summed E-state index contributed by atoms with van der Waals surface area (Å²) < 4.78 is 2.66. The maximum atomic E-state index is 4.57. The second kappa shape index (κ2) is 7.26. The quantitative estimate of drug-likeness (QED) is 0.246. The number of hydrogen-bond donors (Lipinski definition) is 0. The van der Waals surface area contributed by atoms with Crippen molar-refractivity contribution in [3.05, 3.63) is 116 Å². The van der Waals surface area contributed by atoms with Crippen LogP contribution in [0.1, 0.15) is 0 Å². The van der Waals surface area contributed by atoms with Gasteiger partial charge in [0.05, 0.1) is 0 Å². The lowest BCUT2D eigenvalue weighted by atomic mass is 9.86. The third kappa shape index (κ3) is 2.75. The van der Waals surface area contributed by atoms with Gasteiger partial charge < -0.3 is 0 Å². The van der Waals surface area contributed by atoms with Crippen LogP contribution in [0.25, 0.3) is 64.0 Å². The van der Waals surface area contributed by atoms with Crippen LogP contribution in [-0.2, 0) is 0 Å². The minimum absolute atomic E-state index is 1.19. The number of benzene rings is 5. The van der Waals surface area contributed by atoms with Gasteiger partial charge in [0.1, 0.15) is 0 Å². The van der Waals surface area contributed by atoms with Crippen LogP contribution in [0.5, 0.6) is 0 Å². The highest BCUT2D eigenvalue weighted by atomic mass is 32.1. The van der Waals surface area contributed by atoms with E-state index < -0.39 is 0 Å². The summed E-state index contributed by atoms with van der Waals surface area (Å²) >= 11 is 1.88. The van der Waals surface area contributed by atoms with E-state index in [0.29, 0.717) is 0 Å². The summed E-state index contributed by atoms with van der Waals surface area (Å²) in [6.45, 7) is 0. The summed E-state index contributed by atoms with van der Waals surface area (Å²) in [4.78, 5) is 4.57. The Bertz CT molecular complexity index is 1760. The fourth-order valence-electron chi connectivity index (χ4n) is 5.17. The molecule has 2 aromatic heterocycles. The van der Waals surface area contributed by atoms with Gasteiger partial charge in [0, 0.05) is 49.1 Å². The fraction of sp³-hybridized carbons (Fsp3) is 0. The molecule has 0 N–H and O–H groups in total. The van der Waals surface area contributed by atoms with Crippen LogP contribution in [0.2, 0.25) is 0 Å². The molecule has 0 aliphatic carbocycles. The van der Waals surface area contributed by atoms with Gasteiger partial charge in [0.2, 0.25) is 0 Å². The van der Waals surface area contributed by atoms with Crippen LogP contribution in [0.4, 0.5) is 0 Å². The highest BCUT2D eigenvalue weighted by molar-refractivity contribution is 7.26. The smallest absolute Gasteiger partial charge is 0.0434 e. The number of nitrogens with zero attached hydrogens (tertiary/aromatic N) is 1. The van der Waals surface area contributed by atoms with Gasteiger partial charge in [0.25, 0.3) is 0 Å². The van der Waals surface area contributed by atoms with Gasteiger partial charge >= 0.3 is 0 Å². The fourth-order valence-corrected chi connectivity index (χ4v) is 6.39. The van der Waals surface area contributed by atoms with E-state index in [9.17, 15) is 0 Å². The van der Waals surface area contributed by atoms with Gasteiger partial charge in [-0.1, -0.05) is 91.0 Å². The number of pyridine rings is 1. The molecular formula is C31H19NS. The Labute approximate surface area is 195 Å². The zero-order valence-electron chi connectivity index (χ0n) is 17.8. The zero-order valence-corrected chi connectivity index (χ0v) is 18.6. The highest BCUT2D eigenvalue weighted by Crippen LogP contribution is 2.47. The van der Waals surface area contributed by atoms with Crippen molar-refractivity contribution in [3.63, 3.8) is 0 Å². The molecule has 0 saturated carbocycles. The molecule has 0 amide bonds. The Morgan fingerprint density at radius 2 is 1.15 bits per heavy atom. The molecule has 0 atom stereocenters. The number of thiophene rings is 1. The molecule has 0 bridgehead atoms. The van der Waals surface area contributed by atoms with Gasteiger partial charge in [-0.05, 0) is 39.4 Å². The molecule has 5 aromatic carbocycles. The minimum atomic E-state index is 1.19. The second-order valence-electron chi connectivity index (χ2n) is 8.36.